The van der Waals surface area contributed by atoms with Crippen molar-refractivity contribution in [1.29, 1.82) is 5.26 Å². The minimum absolute atomic E-state index is 0.0707. The zero-order chi connectivity index (χ0) is 43.5. The third-order valence-electron chi connectivity index (χ3n) is 10.1. The lowest BCUT2D eigenvalue weighted by Crippen LogP contribution is -2.10. The van der Waals surface area contributed by atoms with Crippen molar-refractivity contribution in [1.82, 2.24) is 9.13 Å². The van der Waals surface area contributed by atoms with Gasteiger partial charge < -0.3 is 9.13 Å². The van der Waals surface area contributed by atoms with Gasteiger partial charge >= 0.3 is 30.9 Å². The fourth-order valence-corrected chi connectivity index (χ4v) is 7.48. The van der Waals surface area contributed by atoms with Crippen LogP contribution in [0.3, 0.4) is 0 Å². The quantitative estimate of drug-likeness (QED) is 0.163. The van der Waals surface area contributed by atoms with E-state index in [0.29, 0.717) is 54.6 Å². The highest BCUT2D eigenvalue weighted by Crippen LogP contribution is 2.47. The Bertz CT molecular complexity index is 2950. The summed E-state index contributed by atoms with van der Waals surface area (Å²) in [4.78, 5) is 0. The maximum atomic E-state index is 14.8. The molecule has 2 heterocycles. The van der Waals surface area contributed by atoms with Crippen LogP contribution in [0.15, 0.2) is 109 Å². The molecule has 0 N–H and O–H groups in total. The standard InChI is InChI=1S/C42H18F15N3/c43-38(44,45)21-5-9-26-27-10-6-22(39(46,47)48)15-35(27)59(34(26)14-21)32-18-30(25-3-1-2-4-31(25)42(55,56)57)33(13-20(32)19-58)60-36-16-23(40(49,50)51)7-11-28(36)29-12-8-24(17-37(29)60)41(52,53)54/h1-18H. The van der Waals surface area contributed by atoms with E-state index in [2.05, 4.69) is 0 Å². The molecule has 0 saturated heterocycles. The first-order valence-corrected chi connectivity index (χ1v) is 17.1. The summed E-state index contributed by atoms with van der Waals surface area (Å²) in [7, 11) is 0. The summed E-state index contributed by atoms with van der Waals surface area (Å²) in [6.45, 7) is 0. The van der Waals surface area contributed by atoms with Crippen LogP contribution >= 0.6 is 0 Å². The summed E-state index contributed by atoms with van der Waals surface area (Å²) in [6.07, 6.45) is -25.3. The molecule has 0 atom stereocenters. The van der Waals surface area contributed by atoms with Crippen LogP contribution < -0.4 is 0 Å². The van der Waals surface area contributed by atoms with Gasteiger partial charge in [-0.1, -0.05) is 42.5 Å². The monoisotopic (exact) mass is 849 g/mol. The van der Waals surface area contributed by atoms with Gasteiger partial charge in [-0.25, -0.2) is 0 Å². The van der Waals surface area contributed by atoms with Gasteiger partial charge in [-0.2, -0.15) is 71.1 Å². The maximum absolute atomic E-state index is 14.8. The highest BCUT2D eigenvalue weighted by molar-refractivity contribution is 6.12. The van der Waals surface area contributed by atoms with E-state index in [1.165, 1.54) is 0 Å². The second kappa shape index (κ2) is 13.2. The largest absolute Gasteiger partial charge is 0.417 e. The van der Waals surface area contributed by atoms with E-state index >= 15 is 0 Å². The van der Waals surface area contributed by atoms with Crippen molar-refractivity contribution in [2.45, 2.75) is 30.9 Å². The molecule has 60 heavy (non-hydrogen) atoms. The van der Waals surface area contributed by atoms with E-state index in [-0.39, 0.29) is 21.5 Å². The van der Waals surface area contributed by atoms with E-state index in [1.54, 1.807) is 6.07 Å². The molecule has 8 rings (SSSR count). The molecule has 0 spiro atoms. The fourth-order valence-electron chi connectivity index (χ4n) is 7.48. The summed E-state index contributed by atoms with van der Waals surface area (Å²) < 4.78 is 216. The van der Waals surface area contributed by atoms with Crippen molar-refractivity contribution < 1.29 is 65.9 Å². The van der Waals surface area contributed by atoms with Gasteiger partial charge in [0, 0.05) is 27.1 Å². The average molecular weight is 850 g/mol. The van der Waals surface area contributed by atoms with Crippen molar-refractivity contribution in [3.63, 3.8) is 0 Å². The van der Waals surface area contributed by atoms with Crippen LogP contribution in [0.25, 0.3) is 66.1 Å². The third kappa shape index (κ3) is 6.61. The first-order valence-electron chi connectivity index (χ1n) is 17.1. The van der Waals surface area contributed by atoms with Crippen LogP contribution in [0.5, 0.6) is 0 Å². The molecule has 2 aromatic heterocycles. The molecule has 0 aliphatic heterocycles. The van der Waals surface area contributed by atoms with Gasteiger partial charge in [-0.05, 0) is 72.3 Å². The smallest absolute Gasteiger partial charge is 0.309 e. The summed E-state index contributed by atoms with van der Waals surface area (Å²) >= 11 is 0. The van der Waals surface area contributed by atoms with E-state index in [4.69, 9.17) is 0 Å². The van der Waals surface area contributed by atoms with E-state index < -0.39 is 109 Å². The minimum atomic E-state index is -5.19. The lowest BCUT2D eigenvalue weighted by Gasteiger charge is -2.21. The van der Waals surface area contributed by atoms with Crippen molar-refractivity contribution in [3.8, 4) is 28.6 Å². The van der Waals surface area contributed by atoms with Gasteiger partial charge in [0.1, 0.15) is 6.07 Å². The molecule has 0 bridgehead atoms. The molecule has 6 aromatic carbocycles. The zero-order valence-electron chi connectivity index (χ0n) is 29.4. The Labute approximate surface area is 325 Å². The molecular formula is C42H18F15N3. The van der Waals surface area contributed by atoms with Crippen LogP contribution in [0.2, 0.25) is 0 Å². The number of fused-ring (bicyclic) bond motifs is 6. The average Bonchev–Trinajstić information content (AvgIpc) is 3.67. The number of nitrogens with zero attached hydrogens (tertiary/aromatic N) is 3. The Morgan fingerprint density at radius 2 is 0.717 bits per heavy atom. The first-order chi connectivity index (χ1) is 27.9. The van der Waals surface area contributed by atoms with E-state index in [0.717, 1.165) is 63.7 Å². The minimum Gasteiger partial charge on any atom is -0.309 e. The molecule has 0 saturated carbocycles. The van der Waals surface area contributed by atoms with Crippen LogP contribution in [-0.4, -0.2) is 9.13 Å². The number of halogens is 15. The normalized spacial score (nSPS) is 13.2. The maximum Gasteiger partial charge on any atom is 0.417 e. The summed E-state index contributed by atoms with van der Waals surface area (Å²) in [5.74, 6) is 0. The molecule has 18 heteroatoms. The predicted octanol–water partition coefficient (Wildman–Crippen LogP) is 14.5. The van der Waals surface area contributed by atoms with Crippen LogP contribution in [0.1, 0.15) is 33.4 Å². The number of aromatic nitrogens is 2. The fraction of sp³-hybridized carbons (Fsp3) is 0.119. The number of benzene rings is 6. The molecule has 3 nitrogen and oxygen atoms in total. The second-order valence-corrected chi connectivity index (χ2v) is 13.6. The summed E-state index contributed by atoms with van der Waals surface area (Å²) in [6, 6.07) is 15.6. The molecule has 0 fully saturated rings. The zero-order valence-corrected chi connectivity index (χ0v) is 29.4. The van der Waals surface area contributed by atoms with Crippen LogP contribution in [-0.2, 0) is 30.9 Å². The summed E-state index contributed by atoms with van der Waals surface area (Å²) in [5.41, 5.74) is -11.6. The Hall–Kier alpha value is -6.64. The lowest BCUT2D eigenvalue weighted by molar-refractivity contribution is -0.138. The SMILES string of the molecule is N#Cc1cc(-n2c3cc(C(F)(F)F)ccc3c3ccc(C(F)(F)F)cc32)c(-c2ccccc2C(F)(F)F)cc1-n1c2cc(C(F)(F)F)ccc2c2ccc(C(F)(F)F)cc21. The number of rotatable bonds is 3. The van der Waals surface area contributed by atoms with Crippen LogP contribution in [0, 0.1) is 11.3 Å². The highest BCUT2D eigenvalue weighted by Gasteiger charge is 2.38. The van der Waals surface area contributed by atoms with E-state index in [9.17, 15) is 71.1 Å². The molecule has 0 amide bonds. The Morgan fingerprint density at radius 1 is 0.367 bits per heavy atom. The second-order valence-electron chi connectivity index (χ2n) is 13.6. The first kappa shape index (κ1) is 40.2. The van der Waals surface area contributed by atoms with Crippen molar-refractivity contribution in [2.24, 2.45) is 0 Å². The molecule has 0 aliphatic rings. The van der Waals surface area contributed by atoms with Gasteiger partial charge in [0.05, 0.1) is 66.8 Å². The molecular weight excluding hydrogens is 831 g/mol. The molecule has 8 aromatic rings. The van der Waals surface area contributed by atoms with Gasteiger partial charge in [-0.3, -0.25) is 0 Å². The molecule has 306 valence electrons. The highest BCUT2D eigenvalue weighted by atomic mass is 19.4. The topological polar surface area (TPSA) is 33.6 Å². The lowest BCUT2D eigenvalue weighted by atomic mass is 9.95. The molecule has 0 unspecified atom stereocenters. The number of alkyl halides is 15. The molecule has 0 radical (unpaired) electrons. The van der Waals surface area contributed by atoms with Gasteiger partial charge in [0.2, 0.25) is 0 Å². The van der Waals surface area contributed by atoms with Crippen molar-refractivity contribution in [3.05, 3.63) is 143 Å². The Kier molecular flexibility index (Phi) is 8.82. The third-order valence-corrected chi connectivity index (χ3v) is 10.1. The van der Waals surface area contributed by atoms with Gasteiger partial charge in [-0.15, -0.1) is 0 Å². The number of hydrogen-bond donors (Lipinski definition) is 0. The van der Waals surface area contributed by atoms with Crippen LogP contribution in [0.4, 0.5) is 65.9 Å². The Balaban J connectivity index is 1.60. The Morgan fingerprint density at radius 3 is 1.05 bits per heavy atom. The number of nitriles is 1. The predicted molar refractivity (Wildman–Crippen MR) is 190 cm³/mol. The van der Waals surface area contributed by atoms with E-state index in [1.807, 2.05) is 0 Å². The van der Waals surface area contributed by atoms with Gasteiger partial charge in [0.15, 0.2) is 0 Å². The van der Waals surface area contributed by atoms with Crippen molar-refractivity contribution >= 4 is 43.6 Å². The number of hydrogen-bond acceptors (Lipinski definition) is 1. The van der Waals surface area contributed by atoms with Gasteiger partial charge in [0.25, 0.3) is 0 Å². The summed E-state index contributed by atoms with van der Waals surface area (Å²) in [5, 5.41) is 10.3. The van der Waals surface area contributed by atoms with Crippen molar-refractivity contribution in [2.75, 3.05) is 0 Å². The molecule has 0 aliphatic carbocycles.